The summed E-state index contributed by atoms with van der Waals surface area (Å²) < 4.78 is 13.6. The third-order valence-electron chi connectivity index (χ3n) is 6.27. The number of nitro groups is 1. The summed E-state index contributed by atoms with van der Waals surface area (Å²) in [4.78, 5) is 15.6. The number of hydrogen-bond acceptors (Lipinski definition) is 7. The number of ether oxygens (including phenoxy) is 1. The molecule has 1 unspecified atom stereocenters. The van der Waals surface area contributed by atoms with Gasteiger partial charge in [0.25, 0.3) is 5.69 Å². The van der Waals surface area contributed by atoms with Gasteiger partial charge >= 0.3 is 0 Å². The zero-order valence-corrected chi connectivity index (χ0v) is 19.5. The van der Waals surface area contributed by atoms with Gasteiger partial charge in [-0.15, -0.1) is 0 Å². The van der Waals surface area contributed by atoms with Crippen LogP contribution in [0.15, 0.2) is 83.7 Å². The SMILES string of the molecule is COc1cccc(-c2cc([N+](=O)[O-])cc3cc(C(N)(c4ccc(C#N)cc4)c4cncn4C)oc23)c1. The molecule has 9 nitrogen and oxygen atoms in total. The van der Waals surface area contributed by atoms with Crippen LogP contribution in [-0.2, 0) is 12.6 Å². The molecule has 0 spiro atoms. The van der Waals surface area contributed by atoms with Gasteiger partial charge in [0.05, 0.1) is 41.9 Å². The van der Waals surface area contributed by atoms with Gasteiger partial charge in [0.15, 0.2) is 0 Å². The molecule has 9 heteroatoms. The third-order valence-corrected chi connectivity index (χ3v) is 6.27. The lowest BCUT2D eigenvalue weighted by atomic mass is 9.84. The minimum Gasteiger partial charge on any atom is -0.497 e. The van der Waals surface area contributed by atoms with E-state index in [-0.39, 0.29) is 5.69 Å². The highest BCUT2D eigenvalue weighted by molar-refractivity contribution is 5.95. The van der Waals surface area contributed by atoms with Gasteiger partial charge in [-0.3, -0.25) is 10.1 Å². The number of non-ortho nitro benzene ring substituents is 1. The lowest BCUT2D eigenvalue weighted by Crippen LogP contribution is -2.40. The van der Waals surface area contributed by atoms with Gasteiger partial charge in [0.2, 0.25) is 0 Å². The van der Waals surface area contributed by atoms with E-state index in [1.54, 1.807) is 66.7 Å². The standard InChI is InChI=1S/C27H21N5O4/c1-31-16-30-15-24(31)27(29,20-8-6-17(14-28)7-9-20)25-12-19-10-21(32(33)34)13-23(26(19)36-25)18-4-3-5-22(11-18)35-2/h3-13,15-16H,29H2,1-2H3. The monoisotopic (exact) mass is 479 g/mol. The highest BCUT2D eigenvalue weighted by atomic mass is 16.6. The van der Waals surface area contributed by atoms with Crippen LogP contribution in [0, 0.1) is 21.4 Å². The molecule has 0 aliphatic carbocycles. The number of nitrogens with zero attached hydrogens (tertiary/aromatic N) is 4. The second-order valence-corrected chi connectivity index (χ2v) is 8.40. The van der Waals surface area contributed by atoms with Crippen molar-refractivity contribution in [1.29, 1.82) is 5.26 Å². The minimum atomic E-state index is -1.29. The molecule has 0 amide bonds. The van der Waals surface area contributed by atoms with Crippen molar-refractivity contribution in [3.05, 3.63) is 112 Å². The molecule has 5 aromatic rings. The first kappa shape index (κ1) is 22.8. The van der Waals surface area contributed by atoms with Crippen molar-refractivity contribution >= 4 is 16.7 Å². The Balaban J connectivity index is 1.80. The van der Waals surface area contributed by atoms with E-state index in [2.05, 4.69) is 11.1 Å². The molecule has 0 saturated heterocycles. The van der Waals surface area contributed by atoms with Gasteiger partial charge < -0.3 is 19.5 Å². The van der Waals surface area contributed by atoms with Gasteiger partial charge in [-0.25, -0.2) is 4.98 Å². The molecule has 0 saturated carbocycles. The highest BCUT2D eigenvalue weighted by Crippen LogP contribution is 2.41. The molecule has 178 valence electrons. The smallest absolute Gasteiger partial charge is 0.270 e. The molecule has 3 aromatic carbocycles. The number of imidazole rings is 1. The van der Waals surface area contributed by atoms with E-state index in [4.69, 9.17) is 14.9 Å². The third kappa shape index (κ3) is 3.66. The van der Waals surface area contributed by atoms with Crippen LogP contribution in [-0.4, -0.2) is 21.6 Å². The van der Waals surface area contributed by atoms with Crippen LogP contribution in [0.3, 0.4) is 0 Å². The number of fused-ring (bicyclic) bond motifs is 1. The van der Waals surface area contributed by atoms with Gasteiger partial charge in [-0.2, -0.15) is 5.26 Å². The predicted octanol–water partition coefficient (Wildman–Crippen LogP) is 4.87. The fourth-order valence-corrected chi connectivity index (χ4v) is 4.40. The van der Waals surface area contributed by atoms with E-state index in [0.717, 1.165) is 0 Å². The number of aromatic nitrogens is 2. The fourth-order valence-electron chi connectivity index (χ4n) is 4.40. The number of nitriles is 1. The van der Waals surface area contributed by atoms with Crippen LogP contribution >= 0.6 is 0 Å². The highest BCUT2D eigenvalue weighted by Gasteiger charge is 2.38. The number of rotatable bonds is 6. The second kappa shape index (κ2) is 8.69. The number of nitro benzene ring substituents is 1. The lowest BCUT2D eigenvalue weighted by molar-refractivity contribution is -0.384. The van der Waals surface area contributed by atoms with Crippen molar-refractivity contribution in [3.63, 3.8) is 0 Å². The van der Waals surface area contributed by atoms with E-state index in [9.17, 15) is 15.4 Å². The quantitative estimate of drug-likeness (QED) is 0.271. The maximum Gasteiger partial charge on any atom is 0.270 e. The molecule has 36 heavy (non-hydrogen) atoms. The van der Waals surface area contributed by atoms with Gasteiger partial charge in [-0.1, -0.05) is 24.3 Å². The topological polar surface area (TPSA) is 133 Å². The predicted molar refractivity (Wildman–Crippen MR) is 133 cm³/mol. The van der Waals surface area contributed by atoms with Crippen LogP contribution in [0.1, 0.15) is 22.6 Å². The number of aryl methyl sites for hydroxylation is 1. The van der Waals surface area contributed by atoms with Crippen LogP contribution in [0.4, 0.5) is 5.69 Å². The first-order chi connectivity index (χ1) is 17.3. The molecule has 0 bridgehead atoms. The summed E-state index contributed by atoms with van der Waals surface area (Å²) in [5.74, 6) is 0.982. The van der Waals surface area contributed by atoms with Crippen LogP contribution in [0.5, 0.6) is 5.75 Å². The number of methoxy groups -OCH3 is 1. The number of hydrogen-bond donors (Lipinski definition) is 1. The molecular formula is C27H21N5O4. The summed E-state index contributed by atoms with van der Waals surface area (Å²) >= 11 is 0. The summed E-state index contributed by atoms with van der Waals surface area (Å²) in [6.45, 7) is 0. The maximum absolute atomic E-state index is 11.8. The van der Waals surface area contributed by atoms with Crippen LogP contribution in [0.25, 0.3) is 22.1 Å². The molecule has 0 aliphatic rings. The van der Waals surface area contributed by atoms with Crippen molar-refractivity contribution in [3.8, 4) is 22.9 Å². The zero-order chi connectivity index (χ0) is 25.4. The molecule has 0 aliphatic heterocycles. The largest absolute Gasteiger partial charge is 0.497 e. The molecule has 2 heterocycles. The van der Waals surface area contributed by atoms with Crippen molar-refractivity contribution in [1.82, 2.24) is 9.55 Å². The summed E-state index contributed by atoms with van der Waals surface area (Å²) in [5, 5.41) is 21.5. The first-order valence-electron chi connectivity index (χ1n) is 11.0. The molecule has 2 N–H and O–H groups in total. The fraction of sp³-hybridized carbons (Fsp3) is 0.111. The van der Waals surface area contributed by atoms with Crippen molar-refractivity contribution in [2.24, 2.45) is 12.8 Å². The van der Waals surface area contributed by atoms with E-state index < -0.39 is 10.5 Å². The van der Waals surface area contributed by atoms with E-state index in [1.807, 2.05) is 19.2 Å². The Kier molecular flexibility index (Phi) is 5.51. The van der Waals surface area contributed by atoms with E-state index in [0.29, 0.717) is 50.4 Å². The lowest BCUT2D eigenvalue weighted by Gasteiger charge is -2.28. The van der Waals surface area contributed by atoms with Gasteiger partial charge in [0, 0.05) is 30.1 Å². The molecule has 0 radical (unpaired) electrons. The Labute approximate surface area is 206 Å². The second-order valence-electron chi connectivity index (χ2n) is 8.40. The van der Waals surface area contributed by atoms with Gasteiger partial charge in [-0.05, 0) is 41.5 Å². The van der Waals surface area contributed by atoms with Crippen molar-refractivity contribution in [2.45, 2.75) is 5.54 Å². The normalized spacial score (nSPS) is 12.7. The van der Waals surface area contributed by atoms with Crippen molar-refractivity contribution in [2.75, 3.05) is 7.11 Å². The Hall–Kier alpha value is -4.94. The molecule has 0 fully saturated rings. The average Bonchev–Trinajstić information content (AvgIpc) is 3.54. The Morgan fingerprint density at radius 2 is 1.94 bits per heavy atom. The number of nitrogens with two attached hydrogens (primary N) is 1. The summed E-state index contributed by atoms with van der Waals surface area (Å²) in [6.07, 6.45) is 3.28. The zero-order valence-electron chi connectivity index (χ0n) is 19.5. The van der Waals surface area contributed by atoms with Crippen molar-refractivity contribution < 1.29 is 14.1 Å². The Morgan fingerprint density at radius 3 is 2.58 bits per heavy atom. The van der Waals surface area contributed by atoms with Gasteiger partial charge in [0.1, 0.15) is 22.6 Å². The molecule has 2 aromatic heterocycles. The molecular weight excluding hydrogens is 458 g/mol. The Morgan fingerprint density at radius 1 is 1.17 bits per heavy atom. The van der Waals surface area contributed by atoms with Crippen LogP contribution < -0.4 is 10.5 Å². The van der Waals surface area contributed by atoms with E-state index >= 15 is 0 Å². The Bertz CT molecular complexity index is 1650. The van der Waals surface area contributed by atoms with E-state index in [1.165, 1.54) is 12.1 Å². The summed E-state index contributed by atoms with van der Waals surface area (Å²) in [7, 11) is 3.38. The average molecular weight is 479 g/mol. The minimum absolute atomic E-state index is 0.0748. The number of benzene rings is 3. The summed E-state index contributed by atoms with van der Waals surface area (Å²) in [5.41, 5.74) is 9.23. The molecule has 5 rings (SSSR count). The molecule has 1 atom stereocenters. The van der Waals surface area contributed by atoms with Crippen LogP contribution in [0.2, 0.25) is 0 Å². The summed E-state index contributed by atoms with van der Waals surface area (Å²) in [6, 6.07) is 20.9. The maximum atomic E-state index is 11.8. The number of furan rings is 1. The first-order valence-corrected chi connectivity index (χ1v) is 11.0.